The lowest BCUT2D eigenvalue weighted by molar-refractivity contribution is 0.179. The summed E-state index contributed by atoms with van der Waals surface area (Å²) in [4.78, 5) is 2.28. The molecule has 0 fully saturated rings. The van der Waals surface area contributed by atoms with Crippen LogP contribution in [-0.2, 0) is 0 Å². The molecule has 0 heterocycles. The molecule has 0 amide bonds. The SMILES string of the molecule is CC(C)C(C)CC(C)(C)CN(C)C. The van der Waals surface area contributed by atoms with Crippen LogP contribution < -0.4 is 0 Å². The second-order valence-corrected chi connectivity index (χ2v) is 5.83. The Hall–Kier alpha value is -0.0400. The molecule has 13 heavy (non-hydrogen) atoms. The normalized spacial score (nSPS) is 15.5. The lowest BCUT2D eigenvalue weighted by Crippen LogP contribution is -2.30. The molecule has 0 radical (unpaired) electrons. The quantitative estimate of drug-likeness (QED) is 0.635. The van der Waals surface area contributed by atoms with Crippen molar-refractivity contribution in [2.75, 3.05) is 20.6 Å². The fourth-order valence-corrected chi connectivity index (χ4v) is 2.03. The van der Waals surface area contributed by atoms with E-state index in [4.69, 9.17) is 0 Å². The Morgan fingerprint density at radius 2 is 1.54 bits per heavy atom. The summed E-state index contributed by atoms with van der Waals surface area (Å²) < 4.78 is 0. The predicted molar refractivity (Wildman–Crippen MR) is 61.0 cm³/mol. The van der Waals surface area contributed by atoms with Crippen molar-refractivity contribution in [3.05, 3.63) is 0 Å². The minimum atomic E-state index is 0.452. The third-order valence-corrected chi connectivity index (χ3v) is 2.76. The van der Waals surface area contributed by atoms with Crippen LogP contribution in [0.1, 0.15) is 41.0 Å². The second kappa shape index (κ2) is 4.99. The van der Waals surface area contributed by atoms with Crippen LogP contribution in [0.3, 0.4) is 0 Å². The van der Waals surface area contributed by atoms with Gasteiger partial charge in [-0.1, -0.05) is 34.6 Å². The molecule has 0 aliphatic carbocycles. The van der Waals surface area contributed by atoms with Crippen molar-refractivity contribution in [1.29, 1.82) is 0 Å². The van der Waals surface area contributed by atoms with Crippen LogP contribution in [0, 0.1) is 17.3 Å². The van der Waals surface area contributed by atoms with Crippen molar-refractivity contribution in [2.24, 2.45) is 17.3 Å². The van der Waals surface area contributed by atoms with Gasteiger partial charge < -0.3 is 4.90 Å². The van der Waals surface area contributed by atoms with Crippen LogP contribution in [0.25, 0.3) is 0 Å². The summed E-state index contributed by atoms with van der Waals surface area (Å²) in [6.07, 6.45) is 1.32. The molecule has 0 aliphatic heterocycles. The third kappa shape index (κ3) is 6.09. The van der Waals surface area contributed by atoms with Crippen LogP contribution in [0.2, 0.25) is 0 Å². The zero-order chi connectivity index (χ0) is 10.6. The van der Waals surface area contributed by atoms with E-state index >= 15 is 0 Å². The highest BCUT2D eigenvalue weighted by molar-refractivity contribution is 4.75. The molecule has 0 aliphatic rings. The monoisotopic (exact) mass is 185 g/mol. The van der Waals surface area contributed by atoms with Gasteiger partial charge in [-0.3, -0.25) is 0 Å². The van der Waals surface area contributed by atoms with Gasteiger partial charge in [0.25, 0.3) is 0 Å². The molecule has 0 spiro atoms. The molecular formula is C12H27N. The molecule has 0 N–H and O–H groups in total. The number of nitrogens with zero attached hydrogens (tertiary/aromatic N) is 1. The minimum absolute atomic E-state index is 0.452. The summed E-state index contributed by atoms with van der Waals surface area (Å²) in [5.41, 5.74) is 0.452. The summed E-state index contributed by atoms with van der Waals surface area (Å²) in [5, 5.41) is 0. The molecule has 1 unspecified atom stereocenters. The number of hydrogen-bond acceptors (Lipinski definition) is 1. The van der Waals surface area contributed by atoms with Gasteiger partial charge in [0, 0.05) is 6.54 Å². The zero-order valence-corrected chi connectivity index (χ0v) is 10.5. The minimum Gasteiger partial charge on any atom is -0.309 e. The van der Waals surface area contributed by atoms with Crippen LogP contribution in [0.15, 0.2) is 0 Å². The first-order valence-electron chi connectivity index (χ1n) is 5.39. The summed E-state index contributed by atoms with van der Waals surface area (Å²) >= 11 is 0. The Morgan fingerprint density at radius 1 is 1.08 bits per heavy atom. The topological polar surface area (TPSA) is 3.24 Å². The maximum Gasteiger partial charge on any atom is 0.00267 e. The molecule has 0 bridgehead atoms. The van der Waals surface area contributed by atoms with Crippen molar-refractivity contribution in [3.63, 3.8) is 0 Å². The standard InChI is InChI=1S/C12H27N/c1-10(2)11(3)8-12(4,5)9-13(6)7/h10-11H,8-9H2,1-7H3. The van der Waals surface area contributed by atoms with Crippen LogP contribution in [0.4, 0.5) is 0 Å². The predicted octanol–water partition coefficient (Wildman–Crippen LogP) is 3.26. The smallest absolute Gasteiger partial charge is 0.00267 e. The van der Waals surface area contributed by atoms with Crippen molar-refractivity contribution < 1.29 is 0 Å². The van der Waals surface area contributed by atoms with Crippen molar-refractivity contribution in [2.45, 2.75) is 41.0 Å². The van der Waals surface area contributed by atoms with Crippen LogP contribution in [0.5, 0.6) is 0 Å². The maximum absolute atomic E-state index is 2.37. The first-order valence-corrected chi connectivity index (χ1v) is 5.39. The Bertz CT molecular complexity index is 136. The van der Waals surface area contributed by atoms with E-state index in [9.17, 15) is 0 Å². The van der Waals surface area contributed by atoms with Crippen molar-refractivity contribution >= 4 is 0 Å². The van der Waals surface area contributed by atoms with Crippen LogP contribution >= 0.6 is 0 Å². The fraction of sp³-hybridized carbons (Fsp3) is 1.00. The van der Waals surface area contributed by atoms with E-state index in [0.717, 1.165) is 11.8 Å². The summed E-state index contributed by atoms with van der Waals surface area (Å²) in [6.45, 7) is 12.9. The lowest BCUT2D eigenvalue weighted by Gasteiger charge is -2.32. The molecule has 0 aromatic carbocycles. The van der Waals surface area contributed by atoms with Gasteiger partial charge in [0.2, 0.25) is 0 Å². The highest BCUT2D eigenvalue weighted by Crippen LogP contribution is 2.29. The Balaban J connectivity index is 4.00. The van der Waals surface area contributed by atoms with Crippen LogP contribution in [-0.4, -0.2) is 25.5 Å². The summed E-state index contributed by atoms with van der Waals surface area (Å²) in [5.74, 6) is 1.64. The van der Waals surface area contributed by atoms with Gasteiger partial charge in [-0.05, 0) is 37.8 Å². The van der Waals surface area contributed by atoms with Gasteiger partial charge in [0.05, 0.1) is 0 Å². The van der Waals surface area contributed by atoms with E-state index < -0.39 is 0 Å². The Kier molecular flexibility index (Phi) is 4.98. The third-order valence-electron chi connectivity index (χ3n) is 2.76. The Morgan fingerprint density at radius 3 is 1.85 bits per heavy atom. The molecular weight excluding hydrogens is 158 g/mol. The maximum atomic E-state index is 2.37. The molecule has 0 aromatic heterocycles. The van der Waals surface area contributed by atoms with E-state index in [1.54, 1.807) is 0 Å². The zero-order valence-electron chi connectivity index (χ0n) is 10.5. The van der Waals surface area contributed by atoms with E-state index in [0.29, 0.717) is 5.41 Å². The lowest BCUT2D eigenvalue weighted by atomic mass is 9.79. The van der Waals surface area contributed by atoms with Crippen molar-refractivity contribution in [3.8, 4) is 0 Å². The van der Waals surface area contributed by atoms with Gasteiger partial charge >= 0.3 is 0 Å². The first kappa shape index (κ1) is 13.0. The molecule has 0 saturated heterocycles. The molecule has 0 aromatic rings. The van der Waals surface area contributed by atoms with Crippen molar-refractivity contribution in [1.82, 2.24) is 4.90 Å². The van der Waals surface area contributed by atoms with Gasteiger partial charge in [0.15, 0.2) is 0 Å². The highest BCUT2D eigenvalue weighted by atomic mass is 15.1. The molecule has 1 nitrogen and oxygen atoms in total. The summed E-state index contributed by atoms with van der Waals surface area (Å²) in [6, 6.07) is 0. The number of rotatable bonds is 5. The highest BCUT2D eigenvalue weighted by Gasteiger charge is 2.23. The van der Waals surface area contributed by atoms with E-state index in [-0.39, 0.29) is 0 Å². The van der Waals surface area contributed by atoms with Gasteiger partial charge in [-0.25, -0.2) is 0 Å². The summed E-state index contributed by atoms with van der Waals surface area (Å²) in [7, 11) is 4.31. The first-order chi connectivity index (χ1) is 5.74. The number of hydrogen-bond donors (Lipinski definition) is 0. The molecule has 1 atom stereocenters. The fourth-order valence-electron chi connectivity index (χ4n) is 2.03. The molecule has 0 saturated carbocycles. The van der Waals surface area contributed by atoms with Gasteiger partial charge in [0.1, 0.15) is 0 Å². The second-order valence-electron chi connectivity index (χ2n) is 5.83. The van der Waals surface area contributed by atoms with E-state index in [2.05, 4.69) is 53.6 Å². The average molecular weight is 185 g/mol. The molecule has 0 rings (SSSR count). The van der Waals surface area contributed by atoms with Gasteiger partial charge in [-0.15, -0.1) is 0 Å². The van der Waals surface area contributed by atoms with E-state index in [1.807, 2.05) is 0 Å². The van der Waals surface area contributed by atoms with E-state index in [1.165, 1.54) is 13.0 Å². The van der Waals surface area contributed by atoms with Gasteiger partial charge in [-0.2, -0.15) is 0 Å². The molecule has 80 valence electrons. The Labute approximate surface area is 84.5 Å². The molecule has 1 heteroatoms. The average Bonchev–Trinajstić information content (AvgIpc) is 1.81. The largest absolute Gasteiger partial charge is 0.309 e.